The first kappa shape index (κ1) is 27.2. The Hall–Kier alpha value is -3.00. The molecule has 0 N–H and O–H groups in total. The highest BCUT2D eigenvalue weighted by Gasteiger charge is 2.54. The minimum Gasteiger partial charge on any atom is -0.486 e. The molecule has 2 unspecified atom stereocenters. The maximum absolute atomic E-state index is 13.3. The highest BCUT2D eigenvalue weighted by atomic mass is 32.2. The summed E-state index contributed by atoms with van der Waals surface area (Å²) in [5.41, 5.74) is 7.11. The Morgan fingerprint density at radius 1 is 0.950 bits per heavy atom. The van der Waals surface area contributed by atoms with Crippen molar-refractivity contribution in [3.05, 3.63) is 94.5 Å². The number of nitrogens with zero attached hydrogens (tertiary/aromatic N) is 3. The van der Waals surface area contributed by atoms with Crippen molar-refractivity contribution in [2.75, 3.05) is 44.7 Å². The first-order valence-electron chi connectivity index (χ1n) is 14.2. The Labute approximate surface area is 242 Å². The van der Waals surface area contributed by atoms with Gasteiger partial charge in [0.1, 0.15) is 18.0 Å². The number of methoxy groups -OCH3 is 1. The fourth-order valence-electron chi connectivity index (χ4n) is 6.21. The van der Waals surface area contributed by atoms with Crippen LogP contribution in [0.1, 0.15) is 39.0 Å². The topological polar surface area (TPSA) is 45.2 Å². The number of benzene rings is 3. The minimum atomic E-state index is -0.206. The Kier molecular flexibility index (Phi) is 7.55. The SMILES string of the molecule is COC1CN(C(=O)c2cc(C)ccc2C)CC1Oc1cccc(CSN2CCC23CN(c2ccccc2C)C3)c1. The molecule has 0 aliphatic carbocycles. The highest BCUT2D eigenvalue weighted by Crippen LogP contribution is 2.46. The molecule has 3 aliphatic heterocycles. The van der Waals surface area contributed by atoms with Crippen molar-refractivity contribution < 1.29 is 14.3 Å². The summed E-state index contributed by atoms with van der Waals surface area (Å²) in [6.07, 6.45) is 0.897. The molecule has 0 radical (unpaired) electrons. The second-order valence-electron chi connectivity index (χ2n) is 11.6. The van der Waals surface area contributed by atoms with Crippen molar-refractivity contribution in [2.24, 2.45) is 0 Å². The van der Waals surface area contributed by atoms with Gasteiger partial charge in [-0.3, -0.25) is 4.79 Å². The summed E-state index contributed by atoms with van der Waals surface area (Å²) < 4.78 is 14.8. The van der Waals surface area contributed by atoms with Gasteiger partial charge in [0, 0.05) is 43.7 Å². The second-order valence-corrected chi connectivity index (χ2v) is 12.6. The van der Waals surface area contributed by atoms with Crippen molar-refractivity contribution in [1.82, 2.24) is 9.21 Å². The van der Waals surface area contributed by atoms with Crippen LogP contribution >= 0.6 is 11.9 Å². The molecule has 0 bridgehead atoms. The lowest BCUT2D eigenvalue weighted by atomic mass is 9.79. The van der Waals surface area contributed by atoms with Crippen LogP contribution in [-0.4, -0.2) is 72.7 Å². The van der Waals surface area contributed by atoms with Gasteiger partial charge in [-0.25, -0.2) is 4.31 Å². The van der Waals surface area contributed by atoms with Gasteiger partial charge in [-0.15, -0.1) is 0 Å². The van der Waals surface area contributed by atoms with E-state index in [9.17, 15) is 4.79 Å². The number of carbonyl (C=O) groups excluding carboxylic acids is 1. The molecule has 2 atom stereocenters. The summed E-state index contributed by atoms with van der Waals surface area (Å²) >= 11 is 1.93. The van der Waals surface area contributed by atoms with Crippen molar-refractivity contribution in [2.45, 2.75) is 50.7 Å². The van der Waals surface area contributed by atoms with Gasteiger partial charge < -0.3 is 19.3 Å². The van der Waals surface area contributed by atoms with Crippen LogP contribution in [0, 0.1) is 20.8 Å². The van der Waals surface area contributed by atoms with Gasteiger partial charge in [0.05, 0.1) is 18.6 Å². The molecule has 3 fully saturated rings. The maximum atomic E-state index is 13.3. The van der Waals surface area contributed by atoms with E-state index in [4.69, 9.17) is 9.47 Å². The van der Waals surface area contributed by atoms with Crippen LogP contribution in [0.3, 0.4) is 0 Å². The number of likely N-dealkylation sites (tertiary alicyclic amines) is 1. The van der Waals surface area contributed by atoms with Crippen LogP contribution in [0.25, 0.3) is 0 Å². The van der Waals surface area contributed by atoms with Crippen LogP contribution < -0.4 is 9.64 Å². The number of hydrogen-bond donors (Lipinski definition) is 0. The number of para-hydroxylation sites is 1. The summed E-state index contributed by atoms with van der Waals surface area (Å²) in [5.74, 6) is 1.79. The number of anilines is 1. The minimum absolute atomic E-state index is 0.0416. The van der Waals surface area contributed by atoms with Gasteiger partial charge in [0.15, 0.2) is 0 Å². The van der Waals surface area contributed by atoms with E-state index in [0.29, 0.717) is 18.6 Å². The molecule has 1 amide bonds. The van der Waals surface area contributed by atoms with E-state index in [1.807, 2.05) is 55.0 Å². The number of ether oxygens (including phenoxy) is 2. The van der Waals surface area contributed by atoms with Crippen LogP contribution in [0.2, 0.25) is 0 Å². The molecule has 6 nitrogen and oxygen atoms in total. The van der Waals surface area contributed by atoms with Gasteiger partial charge in [0.2, 0.25) is 0 Å². The summed E-state index contributed by atoms with van der Waals surface area (Å²) in [5, 5.41) is 0. The Balaban J connectivity index is 1.05. The molecule has 6 rings (SSSR count). The first-order chi connectivity index (χ1) is 19.3. The lowest BCUT2D eigenvalue weighted by Crippen LogP contribution is -2.75. The van der Waals surface area contributed by atoms with Crippen LogP contribution in [0.4, 0.5) is 5.69 Å². The predicted molar refractivity (Wildman–Crippen MR) is 162 cm³/mol. The molecule has 3 heterocycles. The quantitative estimate of drug-likeness (QED) is 0.334. The third kappa shape index (κ3) is 5.22. The number of amides is 1. The summed E-state index contributed by atoms with van der Waals surface area (Å²) in [4.78, 5) is 17.7. The molecule has 0 aromatic heterocycles. The van der Waals surface area contributed by atoms with E-state index in [1.54, 1.807) is 7.11 Å². The highest BCUT2D eigenvalue weighted by molar-refractivity contribution is 7.96. The second kappa shape index (κ2) is 11.1. The van der Waals surface area contributed by atoms with Gasteiger partial charge in [-0.05, 0) is 68.1 Å². The zero-order chi connectivity index (χ0) is 27.9. The van der Waals surface area contributed by atoms with Crippen molar-refractivity contribution >= 4 is 23.5 Å². The van der Waals surface area contributed by atoms with Crippen molar-refractivity contribution in [3.63, 3.8) is 0 Å². The van der Waals surface area contributed by atoms with Gasteiger partial charge >= 0.3 is 0 Å². The molecule has 0 saturated carbocycles. The summed E-state index contributed by atoms with van der Waals surface area (Å²) in [6.45, 7) is 10.6. The largest absolute Gasteiger partial charge is 0.486 e. The predicted octanol–water partition coefficient (Wildman–Crippen LogP) is 5.64. The Bertz CT molecular complexity index is 1390. The molecule has 3 aromatic carbocycles. The molecular weight excluding hydrogens is 518 g/mol. The fraction of sp³-hybridized carbons (Fsp3) is 0.424. The number of aryl methyl sites for hydroxylation is 3. The first-order valence-corrected chi connectivity index (χ1v) is 15.2. The van der Waals surface area contributed by atoms with E-state index in [0.717, 1.165) is 47.8 Å². The van der Waals surface area contributed by atoms with Gasteiger partial charge in [-0.1, -0.05) is 60.0 Å². The lowest BCUT2D eigenvalue weighted by Gasteiger charge is -2.62. The number of hydrogen-bond acceptors (Lipinski definition) is 6. The summed E-state index contributed by atoms with van der Waals surface area (Å²) in [6, 6.07) is 23.1. The van der Waals surface area contributed by atoms with Crippen LogP contribution in [-0.2, 0) is 10.5 Å². The monoisotopic (exact) mass is 557 g/mol. The fourth-order valence-corrected chi connectivity index (χ4v) is 7.40. The zero-order valence-corrected chi connectivity index (χ0v) is 24.7. The van der Waals surface area contributed by atoms with Gasteiger partial charge in [0.25, 0.3) is 5.91 Å². The van der Waals surface area contributed by atoms with Gasteiger partial charge in [-0.2, -0.15) is 0 Å². The molecule has 3 saturated heterocycles. The average molecular weight is 558 g/mol. The normalized spacial score (nSPS) is 21.8. The van der Waals surface area contributed by atoms with E-state index < -0.39 is 0 Å². The third-order valence-electron chi connectivity index (χ3n) is 8.74. The summed E-state index contributed by atoms with van der Waals surface area (Å²) in [7, 11) is 1.70. The third-order valence-corrected chi connectivity index (χ3v) is 10.1. The maximum Gasteiger partial charge on any atom is 0.254 e. The molecule has 3 aromatic rings. The smallest absolute Gasteiger partial charge is 0.254 e. The lowest BCUT2D eigenvalue weighted by molar-refractivity contribution is 0.0339. The van der Waals surface area contributed by atoms with Crippen LogP contribution in [0.5, 0.6) is 5.75 Å². The molecule has 1 spiro atoms. The van der Waals surface area contributed by atoms with E-state index in [-0.39, 0.29) is 18.1 Å². The molecule has 210 valence electrons. The molecular formula is C33H39N3O3S. The van der Waals surface area contributed by atoms with E-state index in [1.165, 1.54) is 23.2 Å². The molecule has 40 heavy (non-hydrogen) atoms. The standard InChI is InChI=1S/C33H39N3O3S/c1-23-12-13-24(2)28(16-23)32(37)34-18-30(38-4)31(19-34)39-27-10-7-9-26(17-27)20-40-36-15-14-33(36)21-35(22-33)29-11-6-5-8-25(29)3/h5-13,16-17,30-31H,14-15,18-22H2,1-4H3. The van der Waals surface area contributed by atoms with Crippen LogP contribution in [0.15, 0.2) is 66.7 Å². The number of rotatable bonds is 8. The van der Waals surface area contributed by atoms with Crippen molar-refractivity contribution in [3.8, 4) is 5.75 Å². The molecule has 7 heteroatoms. The Morgan fingerprint density at radius 2 is 1.75 bits per heavy atom. The Morgan fingerprint density at radius 3 is 2.50 bits per heavy atom. The van der Waals surface area contributed by atoms with Crippen molar-refractivity contribution in [1.29, 1.82) is 0 Å². The number of carbonyl (C=O) groups is 1. The molecule has 3 aliphatic rings. The average Bonchev–Trinajstić information content (AvgIpc) is 3.32. The van der Waals surface area contributed by atoms with E-state index in [2.05, 4.69) is 58.6 Å². The van der Waals surface area contributed by atoms with E-state index >= 15 is 0 Å². The zero-order valence-electron chi connectivity index (χ0n) is 23.9.